The molecule has 13 atom stereocenters. The van der Waals surface area contributed by atoms with E-state index in [-0.39, 0.29) is 56.1 Å². The molecule has 0 spiro atoms. The molecule has 3 aromatic heterocycles. The number of aliphatic carboxylic acids is 3. The summed E-state index contributed by atoms with van der Waals surface area (Å²) in [6.45, 7) is 18.5. The van der Waals surface area contributed by atoms with Gasteiger partial charge in [0.15, 0.2) is 6.04 Å². The van der Waals surface area contributed by atoms with Crippen molar-refractivity contribution in [2.75, 3.05) is 18.6 Å². The highest BCUT2D eigenvalue weighted by molar-refractivity contribution is 7.98. The molecule has 0 saturated heterocycles. The van der Waals surface area contributed by atoms with Gasteiger partial charge < -0.3 is 99.2 Å². The number of nitrogens with one attached hydrogen (secondary N) is 15. The Kier molecular flexibility index (Phi) is 35.1. The number of carboxylic acids is 3. The molecule has 36 heteroatoms. The third kappa shape index (κ3) is 28.5. The molecule has 5 aromatic rings. The fourth-order valence-corrected chi connectivity index (χ4v) is 12.7. The molecule has 5 rings (SSSR count). The van der Waals surface area contributed by atoms with E-state index in [1.54, 1.807) is 136 Å². The van der Waals surface area contributed by atoms with Crippen LogP contribution in [-0.4, -0.2) is 220 Å². The summed E-state index contributed by atoms with van der Waals surface area (Å²) in [6.07, 6.45) is 3.78. The van der Waals surface area contributed by atoms with Crippen molar-refractivity contribution in [3.8, 4) is 0 Å². The molecule has 35 nitrogen and oxygen atoms in total. The highest BCUT2D eigenvalue weighted by atomic mass is 32.2. The first-order valence-corrected chi connectivity index (χ1v) is 38.1. The summed E-state index contributed by atoms with van der Waals surface area (Å²) in [6, 6.07) is -1.67. The number of aliphatic hydroxyl groups excluding tert-OH is 1. The van der Waals surface area contributed by atoms with Crippen LogP contribution in [0.1, 0.15) is 138 Å². The Bertz CT molecular complexity index is 4080. The molecular weight excluding hydrogens is 1460 g/mol. The van der Waals surface area contributed by atoms with E-state index in [9.17, 15) is 92.3 Å². The molecule has 608 valence electrons. The molecule has 0 aliphatic carbocycles. The molecule has 0 fully saturated rings. The standard InChI is InChI=1S/C75H108N16O19S/c1-14-48(83-64(99)47(30-60(96)97)75(10,11)12)66(101)81-40(8)63(98)84-54(27-42-31-77-49-21-17-15-19-45(42)49)68(103)87-56(29-44-33-76-36-80-44)70(105)85-52(25-37(2)3)65(100)79-34-58(93)82-51(23-24-59(94)95)67(102)86-53(26-38(4)5)71(106)90-61(39(6)7)73(108)88-55(28-43-32-78-50-22-18-16-20-46(43)50)69(104)89-57(35-111-13)72(107)91-62(41(9)92)74(109)110/h15-22,31-33,36-41,47-48,51-57,61-62,77-78,92H,14,23-30,34-35H2,1-13H3,(H,76,80)(H,79,100)(H,81,101)(H,82,93)(H,83,99)(H,84,98)(H,85,105)(H,86,102)(H,87,103)(H,88,108)(H,89,104)(H,90,106)(H,91,107)(H,94,95)(H,96,97)(H,109,110)/t40-,41+,47-,48-,51-,52-,53-,54-,55-,56-,57-,61-,62-/m0/s1. The predicted molar refractivity (Wildman–Crippen MR) is 410 cm³/mol. The van der Waals surface area contributed by atoms with E-state index >= 15 is 0 Å². The van der Waals surface area contributed by atoms with Gasteiger partial charge >= 0.3 is 17.9 Å². The number of benzene rings is 2. The normalized spacial score (nSPS) is 15.1. The van der Waals surface area contributed by atoms with Crippen molar-refractivity contribution >= 4 is 122 Å². The lowest BCUT2D eigenvalue weighted by Gasteiger charge is -2.30. The van der Waals surface area contributed by atoms with E-state index in [4.69, 9.17) is 0 Å². The molecule has 0 saturated carbocycles. The van der Waals surface area contributed by atoms with Gasteiger partial charge in [-0.3, -0.25) is 67.1 Å². The number of aliphatic hydroxyl groups is 1. The van der Waals surface area contributed by atoms with Gasteiger partial charge in [-0.25, -0.2) is 9.78 Å². The maximum absolute atomic E-state index is 14.8. The van der Waals surface area contributed by atoms with Crippen LogP contribution in [0.2, 0.25) is 0 Å². The molecule has 111 heavy (non-hydrogen) atoms. The first-order chi connectivity index (χ1) is 52.2. The van der Waals surface area contributed by atoms with Crippen molar-refractivity contribution in [3.05, 3.63) is 90.3 Å². The number of carboxylic acid groups (broad SMARTS) is 3. The van der Waals surface area contributed by atoms with Gasteiger partial charge in [0.2, 0.25) is 70.9 Å². The van der Waals surface area contributed by atoms with Gasteiger partial charge in [-0.15, -0.1) is 0 Å². The number of carbonyl (C=O) groups is 15. The Labute approximate surface area is 647 Å². The van der Waals surface area contributed by atoms with Crippen LogP contribution < -0.4 is 63.8 Å². The number of thioether (sulfide) groups is 1. The van der Waals surface area contributed by atoms with Crippen molar-refractivity contribution in [2.24, 2.45) is 29.1 Å². The van der Waals surface area contributed by atoms with Gasteiger partial charge in [-0.2, -0.15) is 11.8 Å². The number of aromatic amines is 3. The quantitative estimate of drug-likeness (QED) is 0.0257. The van der Waals surface area contributed by atoms with Gasteiger partial charge in [-0.1, -0.05) is 106 Å². The highest BCUT2D eigenvalue weighted by Crippen LogP contribution is 2.30. The Morgan fingerprint density at radius 3 is 1.41 bits per heavy atom. The molecule has 0 radical (unpaired) electrons. The minimum atomic E-state index is -1.72. The smallest absolute Gasteiger partial charge is 0.328 e. The van der Waals surface area contributed by atoms with E-state index in [1.807, 2.05) is 0 Å². The Balaban J connectivity index is 1.33. The fraction of sp³-hybridized carbons (Fsp3) is 0.547. The van der Waals surface area contributed by atoms with Gasteiger partial charge in [0, 0.05) is 77.5 Å². The molecule has 0 bridgehead atoms. The van der Waals surface area contributed by atoms with Crippen molar-refractivity contribution in [1.82, 2.24) is 83.7 Å². The van der Waals surface area contributed by atoms with E-state index in [0.717, 1.165) is 11.8 Å². The Morgan fingerprint density at radius 2 is 0.937 bits per heavy atom. The molecule has 2 aromatic carbocycles. The maximum Gasteiger partial charge on any atom is 0.328 e. The number of hydrogen-bond acceptors (Lipinski definition) is 18. The van der Waals surface area contributed by atoms with Crippen LogP contribution in [0.5, 0.6) is 0 Å². The van der Waals surface area contributed by atoms with Crippen molar-refractivity contribution < 1.29 is 92.3 Å². The number of amides is 12. The monoisotopic (exact) mass is 1570 g/mol. The number of para-hydroxylation sites is 2. The number of aromatic nitrogens is 4. The van der Waals surface area contributed by atoms with E-state index in [1.165, 1.54) is 26.4 Å². The number of carbonyl (C=O) groups excluding carboxylic acids is 12. The van der Waals surface area contributed by atoms with Gasteiger partial charge in [0.05, 0.1) is 31.3 Å². The van der Waals surface area contributed by atoms with Crippen LogP contribution in [0.3, 0.4) is 0 Å². The van der Waals surface area contributed by atoms with Gasteiger partial charge in [-0.05, 0) is 92.2 Å². The van der Waals surface area contributed by atoms with Crippen LogP contribution in [0.25, 0.3) is 21.8 Å². The SMILES string of the molecule is CC[C@H](NC(=O)[C@H](CC(=O)O)C(C)(C)C)C(=O)N[C@@H](C)C(=O)N[C@@H](Cc1c[nH]c2ccccc12)C(=O)N[C@@H](Cc1cnc[nH]1)C(=O)N[C@@H](CC(C)C)C(=O)NCC(=O)N[C@@H](CCC(=O)O)C(=O)N[C@@H](CC(C)C)C(=O)N[C@H](C(=O)N[C@@H](Cc1c[nH]c2ccccc12)C(=O)N[C@@H](CSC)C(=O)N[C@H](C(=O)O)[C@@H](C)O)C(C)C. The van der Waals surface area contributed by atoms with E-state index < -0.39 is 204 Å². The number of nitrogens with zero attached hydrogens (tertiary/aromatic N) is 1. The summed E-state index contributed by atoms with van der Waals surface area (Å²) in [5.74, 6) is -17.1. The number of H-pyrrole nitrogens is 3. The zero-order valence-electron chi connectivity index (χ0n) is 64.7. The average molecular weight is 1570 g/mol. The van der Waals surface area contributed by atoms with Crippen LogP contribution in [0, 0.1) is 29.1 Å². The first kappa shape index (κ1) is 90.7. The van der Waals surface area contributed by atoms with Crippen molar-refractivity contribution in [1.29, 1.82) is 0 Å². The van der Waals surface area contributed by atoms with Crippen LogP contribution in [0.15, 0.2) is 73.4 Å². The second-order valence-electron chi connectivity index (χ2n) is 29.8. The minimum absolute atomic E-state index is 0.0407. The van der Waals surface area contributed by atoms with E-state index in [2.05, 4.69) is 83.7 Å². The highest BCUT2D eigenvalue weighted by Gasteiger charge is 2.40. The molecule has 0 unspecified atom stereocenters. The summed E-state index contributed by atoms with van der Waals surface area (Å²) >= 11 is 1.14. The van der Waals surface area contributed by atoms with Gasteiger partial charge in [0.1, 0.15) is 60.4 Å². The maximum atomic E-state index is 14.8. The number of rotatable bonds is 45. The van der Waals surface area contributed by atoms with Crippen LogP contribution in [0.4, 0.5) is 0 Å². The van der Waals surface area contributed by atoms with Crippen molar-refractivity contribution in [2.45, 2.75) is 213 Å². The lowest BCUT2D eigenvalue weighted by Crippen LogP contribution is -2.61. The third-order valence-corrected chi connectivity index (χ3v) is 18.9. The Morgan fingerprint density at radius 1 is 0.486 bits per heavy atom. The number of hydrogen-bond donors (Lipinski definition) is 19. The zero-order chi connectivity index (χ0) is 82.7. The van der Waals surface area contributed by atoms with Gasteiger partial charge in [0.25, 0.3) is 0 Å². The largest absolute Gasteiger partial charge is 0.481 e. The molecule has 0 aliphatic heterocycles. The summed E-state index contributed by atoms with van der Waals surface area (Å²) in [7, 11) is 0. The zero-order valence-corrected chi connectivity index (χ0v) is 65.5. The first-order valence-electron chi connectivity index (χ1n) is 36.7. The average Bonchev–Trinajstić information content (AvgIpc) is 1.70. The van der Waals surface area contributed by atoms with E-state index in [0.29, 0.717) is 38.6 Å². The molecule has 12 amide bonds. The lowest BCUT2D eigenvalue weighted by atomic mass is 9.78. The topological polar surface area (TPSA) is 542 Å². The summed E-state index contributed by atoms with van der Waals surface area (Å²) in [4.78, 5) is 219. The second kappa shape index (κ2) is 42.9. The minimum Gasteiger partial charge on any atom is -0.481 e. The summed E-state index contributed by atoms with van der Waals surface area (Å²) < 4.78 is 0. The molecular formula is C75H108N16O19S. The lowest BCUT2D eigenvalue weighted by molar-refractivity contribution is -0.145. The third-order valence-electron chi connectivity index (χ3n) is 18.3. The molecule has 19 N–H and O–H groups in total. The number of imidazole rings is 1. The molecule has 3 heterocycles. The number of fused-ring (bicyclic) bond motifs is 2. The second-order valence-corrected chi connectivity index (χ2v) is 30.7. The summed E-state index contributed by atoms with van der Waals surface area (Å²) in [5.41, 5.74) is 2.09. The van der Waals surface area contributed by atoms with Crippen molar-refractivity contribution in [3.63, 3.8) is 0 Å². The fourth-order valence-electron chi connectivity index (χ4n) is 12.2. The van der Waals surface area contributed by atoms with Crippen LogP contribution in [-0.2, 0) is 91.2 Å². The Hall–Kier alpha value is -10.9. The summed E-state index contributed by atoms with van der Waals surface area (Å²) in [5, 5.41) is 71.4. The predicted octanol–water partition coefficient (Wildman–Crippen LogP) is 0.857. The van der Waals surface area contributed by atoms with Crippen LogP contribution >= 0.6 is 11.8 Å². The molecule has 0 aliphatic rings.